The monoisotopic (exact) mass is 532 g/mol. The lowest BCUT2D eigenvalue weighted by molar-refractivity contribution is 0.839. The quantitative estimate of drug-likeness (QED) is 0.194. The molecule has 0 amide bonds. The van der Waals surface area contributed by atoms with Crippen LogP contribution >= 0.6 is 0 Å². The summed E-state index contributed by atoms with van der Waals surface area (Å²) in [5.41, 5.74) is 14.9. The van der Waals surface area contributed by atoms with E-state index in [0.717, 1.165) is 6.42 Å². The molecule has 0 aliphatic heterocycles. The van der Waals surface area contributed by atoms with Crippen LogP contribution in [0.2, 0.25) is 0 Å². The van der Waals surface area contributed by atoms with E-state index in [1.807, 2.05) is 0 Å². The molecule has 0 spiro atoms. The molecule has 7 aromatic rings. The third-order valence-corrected chi connectivity index (χ3v) is 9.40. The molecule has 0 N–H and O–H groups in total. The maximum atomic E-state index is 2.48. The number of rotatable bonds is 2. The van der Waals surface area contributed by atoms with Gasteiger partial charge >= 0.3 is 0 Å². The maximum absolute atomic E-state index is 2.48. The van der Waals surface area contributed by atoms with Crippen molar-refractivity contribution in [2.75, 3.05) is 0 Å². The summed E-state index contributed by atoms with van der Waals surface area (Å²) in [4.78, 5) is 0. The zero-order chi connectivity index (χ0) is 27.6. The van der Waals surface area contributed by atoms with Gasteiger partial charge in [0.05, 0.1) is 0 Å². The molecule has 7 aromatic carbocycles. The van der Waals surface area contributed by atoms with Crippen molar-refractivity contribution in [2.24, 2.45) is 0 Å². The van der Waals surface area contributed by atoms with E-state index in [1.54, 1.807) is 0 Å². The summed E-state index contributed by atoms with van der Waals surface area (Å²) >= 11 is 0. The normalized spacial score (nSPS) is 15.0. The van der Waals surface area contributed by atoms with Gasteiger partial charge in [-0.25, -0.2) is 0 Å². The van der Waals surface area contributed by atoms with Gasteiger partial charge in [0.25, 0.3) is 0 Å². The minimum Gasteiger partial charge on any atom is -0.0622 e. The van der Waals surface area contributed by atoms with E-state index in [0.29, 0.717) is 5.92 Å². The summed E-state index contributed by atoms with van der Waals surface area (Å²) in [5.74, 6) is 0.353. The highest BCUT2D eigenvalue weighted by atomic mass is 14.3. The van der Waals surface area contributed by atoms with Crippen LogP contribution in [0, 0.1) is 0 Å². The van der Waals surface area contributed by atoms with Crippen LogP contribution in [-0.2, 0) is 0 Å². The van der Waals surface area contributed by atoms with E-state index in [4.69, 9.17) is 0 Å². The van der Waals surface area contributed by atoms with Crippen molar-refractivity contribution in [2.45, 2.75) is 12.3 Å². The molecule has 0 saturated carbocycles. The van der Waals surface area contributed by atoms with Crippen LogP contribution in [0.1, 0.15) is 34.6 Å². The first-order chi connectivity index (χ1) is 20.8. The van der Waals surface area contributed by atoms with Gasteiger partial charge in [0, 0.05) is 5.92 Å². The third kappa shape index (κ3) is 3.42. The molecule has 0 fully saturated rings. The first-order valence-electron chi connectivity index (χ1n) is 14.9. The largest absolute Gasteiger partial charge is 0.0622 e. The molecule has 2 bridgehead atoms. The average Bonchev–Trinajstić information content (AvgIpc) is 3.17. The van der Waals surface area contributed by atoms with Gasteiger partial charge in [0.1, 0.15) is 0 Å². The molecular formula is C42H28. The Hall–Kier alpha value is -5.20. The Kier molecular flexibility index (Phi) is 5.12. The van der Waals surface area contributed by atoms with Crippen LogP contribution in [0.5, 0.6) is 0 Å². The van der Waals surface area contributed by atoms with E-state index in [9.17, 15) is 0 Å². The molecule has 0 aromatic heterocycles. The van der Waals surface area contributed by atoms with Crippen molar-refractivity contribution >= 4 is 33.2 Å². The SMILES string of the molecule is C1=C2CC(c3ccccc31)c1ccc(-c3c4ccccc4c(-c4ccccc4)c4ccccc34)cc1-c1ccccc12. The standard InChI is InChI=1S/C42H28/c1-2-12-27(13-3-1)41-35-18-8-10-20-37(35)42(38-21-11-9-19-36(38)41)29-22-23-34-39-26-30(24-28-14-4-5-15-31(28)39)32-16-6-7-17-33(32)40(34)25-29/h1-25,39H,26H2. The van der Waals surface area contributed by atoms with Gasteiger partial charge in [0.2, 0.25) is 0 Å². The van der Waals surface area contributed by atoms with Crippen LogP contribution < -0.4 is 0 Å². The number of allylic oxidation sites excluding steroid dienone is 1. The highest BCUT2D eigenvalue weighted by molar-refractivity contribution is 6.21. The van der Waals surface area contributed by atoms with Gasteiger partial charge in [-0.1, -0.05) is 146 Å². The lowest BCUT2D eigenvalue weighted by atomic mass is 9.78. The summed E-state index contributed by atoms with van der Waals surface area (Å²) < 4.78 is 0. The second-order valence-corrected chi connectivity index (χ2v) is 11.6. The lowest BCUT2D eigenvalue weighted by Crippen LogP contribution is -2.07. The van der Waals surface area contributed by atoms with Crippen molar-refractivity contribution in [3.05, 3.63) is 168 Å². The number of benzene rings is 7. The number of hydrogen-bond acceptors (Lipinski definition) is 0. The van der Waals surface area contributed by atoms with Crippen LogP contribution in [0.15, 0.2) is 146 Å². The number of fused-ring (bicyclic) bond motifs is 11. The predicted octanol–water partition coefficient (Wildman–Crippen LogP) is 11.4. The second-order valence-electron chi connectivity index (χ2n) is 11.6. The van der Waals surface area contributed by atoms with E-state index < -0.39 is 0 Å². The Morgan fingerprint density at radius 2 is 0.976 bits per heavy atom. The molecule has 42 heavy (non-hydrogen) atoms. The third-order valence-electron chi connectivity index (χ3n) is 9.40. The van der Waals surface area contributed by atoms with Crippen molar-refractivity contribution < 1.29 is 0 Å². The fraction of sp³-hybridized carbons (Fsp3) is 0.0476. The molecule has 196 valence electrons. The highest BCUT2D eigenvalue weighted by Gasteiger charge is 2.30. The summed E-state index contributed by atoms with van der Waals surface area (Å²) in [5, 5.41) is 5.18. The van der Waals surface area contributed by atoms with Crippen LogP contribution in [0.3, 0.4) is 0 Å². The van der Waals surface area contributed by atoms with Gasteiger partial charge < -0.3 is 0 Å². The Bertz CT molecular complexity index is 2160. The minimum atomic E-state index is 0.353. The second kappa shape index (κ2) is 9.16. The molecule has 0 saturated heterocycles. The zero-order valence-corrected chi connectivity index (χ0v) is 23.2. The molecule has 0 heteroatoms. The van der Waals surface area contributed by atoms with Crippen LogP contribution in [-0.4, -0.2) is 0 Å². The first kappa shape index (κ1) is 23.5. The van der Waals surface area contributed by atoms with Crippen molar-refractivity contribution in [1.29, 1.82) is 0 Å². The minimum absolute atomic E-state index is 0.353. The van der Waals surface area contributed by atoms with E-state index >= 15 is 0 Å². The average molecular weight is 533 g/mol. The van der Waals surface area contributed by atoms with Crippen LogP contribution in [0.25, 0.3) is 66.6 Å². The maximum Gasteiger partial charge on any atom is 0.0142 e. The summed E-state index contributed by atoms with van der Waals surface area (Å²) in [6.07, 6.45) is 3.46. The number of hydrogen-bond donors (Lipinski definition) is 0. The van der Waals surface area contributed by atoms with Gasteiger partial charge in [0.15, 0.2) is 0 Å². The highest BCUT2D eigenvalue weighted by Crippen LogP contribution is 2.51. The van der Waals surface area contributed by atoms with Gasteiger partial charge in [-0.15, -0.1) is 0 Å². The molecule has 1 unspecified atom stereocenters. The Morgan fingerprint density at radius 1 is 0.405 bits per heavy atom. The molecule has 9 rings (SSSR count). The zero-order valence-electron chi connectivity index (χ0n) is 23.2. The summed E-state index contributed by atoms with van der Waals surface area (Å²) in [6.45, 7) is 0. The fourth-order valence-electron chi connectivity index (χ4n) is 7.60. The molecule has 2 aliphatic carbocycles. The molecule has 1 atom stereocenters. The van der Waals surface area contributed by atoms with Gasteiger partial charge in [-0.3, -0.25) is 0 Å². The Labute approximate surface area is 246 Å². The summed E-state index contributed by atoms with van der Waals surface area (Å²) in [6, 6.07) is 54.0. The van der Waals surface area contributed by atoms with Crippen molar-refractivity contribution in [3.63, 3.8) is 0 Å². The predicted molar refractivity (Wildman–Crippen MR) is 179 cm³/mol. The van der Waals surface area contributed by atoms with Crippen molar-refractivity contribution in [3.8, 4) is 33.4 Å². The Balaban J connectivity index is 1.36. The first-order valence-corrected chi connectivity index (χ1v) is 14.9. The summed E-state index contributed by atoms with van der Waals surface area (Å²) in [7, 11) is 0. The van der Waals surface area contributed by atoms with E-state index in [2.05, 4.69) is 152 Å². The molecule has 0 radical (unpaired) electrons. The Morgan fingerprint density at radius 3 is 1.69 bits per heavy atom. The smallest absolute Gasteiger partial charge is 0.0142 e. The van der Waals surface area contributed by atoms with E-state index in [-0.39, 0.29) is 0 Å². The fourth-order valence-corrected chi connectivity index (χ4v) is 7.60. The molecule has 0 nitrogen and oxygen atoms in total. The van der Waals surface area contributed by atoms with Crippen LogP contribution in [0.4, 0.5) is 0 Å². The van der Waals surface area contributed by atoms with Gasteiger partial charge in [-0.2, -0.15) is 0 Å². The van der Waals surface area contributed by atoms with Crippen molar-refractivity contribution in [1.82, 2.24) is 0 Å². The molecular weight excluding hydrogens is 504 g/mol. The van der Waals surface area contributed by atoms with Gasteiger partial charge in [-0.05, 0) is 95.2 Å². The molecule has 0 heterocycles. The lowest BCUT2D eigenvalue weighted by Gasteiger charge is -2.25. The van der Waals surface area contributed by atoms with E-state index in [1.165, 1.54) is 82.8 Å². The molecule has 2 aliphatic rings. The topological polar surface area (TPSA) is 0 Å².